The summed E-state index contributed by atoms with van der Waals surface area (Å²) in [6.07, 6.45) is 0. The van der Waals surface area contributed by atoms with Gasteiger partial charge in [0, 0.05) is 12.4 Å². The second-order valence-electron chi connectivity index (χ2n) is 2.33. The van der Waals surface area contributed by atoms with Crippen molar-refractivity contribution in [2.24, 2.45) is 4.36 Å². The normalized spacial score (nSPS) is 9.40. The molecular formula is C8H9NS. The Hall–Kier alpha value is -0.760. The molecule has 1 rings (SSSR count). The molecule has 0 amide bonds. The predicted molar refractivity (Wildman–Crippen MR) is 45.4 cm³/mol. The molecule has 0 aliphatic carbocycles. The van der Waals surface area contributed by atoms with Crippen LogP contribution >= 0.6 is 0 Å². The maximum atomic E-state index is 4.62. The third-order valence-electron chi connectivity index (χ3n) is 1.53. The zero-order valence-electron chi connectivity index (χ0n) is 6.09. The fourth-order valence-electron chi connectivity index (χ4n) is 0.950. The van der Waals surface area contributed by atoms with Gasteiger partial charge in [0.05, 0.1) is 5.69 Å². The highest BCUT2D eigenvalue weighted by atomic mass is 32.1. The van der Waals surface area contributed by atoms with E-state index in [1.165, 1.54) is 0 Å². The molecule has 0 saturated carbocycles. The van der Waals surface area contributed by atoms with E-state index in [4.69, 9.17) is 0 Å². The lowest BCUT2D eigenvalue weighted by Gasteiger charge is -1.99. The standard InChI is InChI=1S/C8H9NS/c1-6-4-3-5-7(2)8(6)9-10/h3-5H,1-2H3. The van der Waals surface area contributed by atoms with Crippen LogP contribution < -0.4 is 0 Å². The van der Waals surface area contributed by atoms with E-state index in [0.29, 0.717) is 0 Å². The van der Waals surface area contributed by atoms with Gasteiger partial charge in [0.1, 0.15) is 0 Å². The predicted octanol–water partition coefficient (Wildman–Crippen LogP) is 2.67. The molecule has 52 valence electrons. The highest BCUT2D eigenvalue weighted by Crippen LogP contribution is 2.21. The minimum Gasteiger partial charge on any atom is -0.181 e. The molecule has 1 aromatic rings. The Balaban J connectivity index is 3.30. The molecule has 10 heavy (non-hydrogen) atoms. The van der Waals surface area contributed by atoms with Crippen molar-refractivity contribution >= 4 is 18.1 Å². The van der Waals surface area contributed by atoms with Gasteiger partial charge in [0.25, 0.3) is 0 Å². The van der Waals surface area contributed by atoms with Crippen LogP contribution in [0.3, 0.4) is 0 Å². The lowest BCUT2D eigenvalue weighted by Crippen LogP contribution is -1.76. The molecule has 1 aromatic carbocycles. The van der Waals surface area contributed by atoms with Crippen molar-refractivity contribution in [3.63, 3.8) is 0 Å². The summed E-state index contributed by atoms with van der Waals surface area (Å²) < 4.78 is 3.75. The molecule has 0 fully saturated rings. The Morgan fingerprint density at radius 3 is 2.00 bits per heavy atom. The van der Waals surface area contributed by atoms with E-state index in [2.05, 4.69) is 16.8 Å². The number of hydrogen-bond donors (Lipinski definition) is 0. The van der Waals surface area contributed by atoms with Crippen LogP contribution in [-0.4, -0.2) is 0 Å². The molecule has 0 heterocycles. The first-order chi connectivity index (χ1) is 4.75. The van der Waals surface area contributed by atoms with E-state index in [-0.39, 0.29) is 0 Å². The van der Waals surface area contributed by atoms with Crippen LogP contribution in [0.25, 0.3) is 0 Å². The van der Waals surface area contributed by atoms with Gasteiger partial charge in [-0.3, -0.25) is 0 Å². The maximum absolute atomic E-state index is 4.62. The monoisotopic (exact) mass is 151 g/mol. The molecule has 0 spiro atoms. The molecule has 2 heteroatoms. The van der Waals surface area contributed by atoms with Gasteiger partial charge < -0.3 is 0 Å². The molecule has 0 bridgehead atoms. The molecule has 0 saturated heterocycles. The minimum atomic E-state index is 0.942. The second-order valence-corrected chi connectivity index (χ2v) is 2.51. The number of rotatable bonds is 1. The fourth-order valence-corrected chi connectivity index (χ4v) is 1.24. The SMILES string of the molecule is Cc1cccc(C)c1N=S. The first-order valence-electron chi connectivity index (χ1n) is 3.15. The average molecular weight is 151 g/mol. The third kappa shape index (κ3) is 1.21. The quantitative estimate of drug-likeness (QED) is 0.601. The summed E-state index contributed by atoms with van der Waals surface area (Å²) >= 11 is 4.62. The number of hydrogen-bond acceptors (Lipinski definition) is 2. The van der Waals surface area contributed by atoms with Gasteiger partial charge in [-0.25, -0.2) is 0 Å². The van der Waals surface area contributed by atoms with Gasteiger partial charge in [-0.05, 0) is 25.0 Å². The lowest BCUT2D eigenvalue weighted by molar-refractivity contribution is 1.35. The van der Waals surface area contributed by atoms with Crippen molar-refractivity contribution < 1.29 is 0 Å². The van der Waals surface area contributed by atoms with Crippen LogP contribution in [0, 0.1) is 13.8 Å². The molecule has 0 aliphatic heterocycles. The van der Waals surface area contributed by atoms with Gasteiger partial charge in [-0.15, -0.1) is 0 Å². The van der Waals surface area contributed by atoms with E-state index >= 15 is 0 Å². The summed E-state index contributed by atoms with van der Waals surface area (Å²) in [6, 6.07) is 6.03. The molecule has 0 atom stereocenters. The summed E-state index contributed by atoms with van der Waals surface area (Å²) in [5.41, 5.74) is 3.24. The van der Waals surface area contributed by atoms with Crippen LogP contribution in [-0.2, 0) is 12.4 Å². The number of benzene rings is 1. The number of nitrogens with zero attached hydrogens (tertiary/aromatic N) is 1. The maximum Gasteiger partial charge on any atom is 0.0827 e. The van der Waals surface area contributed by atoms with Crippen molar-refractivity contribution in [1.29, 1.82) is 0 Å². The van der Waals surface area contributed by atoms with E-state index < -0.39 is 0 Å². The van der Waals surface area contributed by atoms with Gasteiger partial charge in [-0.2, -0.15) is 4.36 Å². The molecule has 0 aliphatic rings. The highest BCUT2D eigenvalue weighted by Gasteiger charge is 1.96. The summed E-state index contributed by atoms with van der Waals surface area (Å²) in [7, 11) is 0. The van der Waals surface area contributed by atoms with Crippen molar-refractivity contribution in [3.8, 4) is 0 Å². The summed E-state index contributed by atoms with van der Waals surface area (Å²) in [4.78, 5) is 0. The Labute approximate surface area is 66.3 Å². The Morgan fingerprint density at radius 2 is 1.70 bits per heavy atom. The molecular weight excluding hydrogens is 142 g/mol. The Morgan fingerprint density at radius 1 is 1.20 bits per heavy atom. The van der Waals surface area contributed by atoms with Gasteiger partial charge in [-0.1, -0.05) is 18.2 Å². The van der Waals surface area contributed by atoms with E-state index in [1.807, 2.05) is 32.0 Å². The second kappa shape index (κ2) is 2.88. The summed E-state index contributed by atoms with van der Waals surface area (Å²) in [6.45, 7) is 4.02. The summed E-state index contributed by atoms with van der Waals surface area (Å²) in [5, 5.41) is 0. The summed E-state index contributed by atoms with van der Waals surface area (Å²) in [5.74, 6) is 0. The van der Waals surface area contributed by atoms with Crippen LogP contribution in [0.5, 0.6) is 0 Å². The van der Waals surface area contributed by atoms with Crippen molar-refractivity contribution in [3.05, 3.63) is 29.3 Å². The fraction of sp³-hybridized carbons (Fsp3) is 0.250. The van der Waals surface area contributed by atoms with E-state index in [9.17, 15) is 0 Å². The first kappa shape index (κ1) is 7.35. The van der Waals surface area contributed by atoms with Gasteiger partial charge >= 0.3 is 0 Å². The van der Waals surface area contributed by atoms with Gasteiger partial charge in [0.2, 0.25) is 0 Å². The smallest absolute Gasteiger partial charge is 0.0827 e. The molecule has 1 nitrogen and oxygen atoms in total. The van der Waals surface area contributed by atoms with E-state index in [1.54, 1.807) is 0 Å². The van der Waals surface area contributed by atoms with Crippen molar-refractivity contribution in [1.82, 2.24) is 0 Å². The Kier molecular flexibility index (Phi) is 2.12. The topological polar surface area (TPSA) is 12.4 Å². The minimum absolute atomic E-state index is 0.942. The zero-order chi connectivity index (χ0) is 7.56. The lowest BCUT2D eigenvalue weighted by atomic mass is 10.1. The molecule has 0 unspecified atom stereocenters. The van der Waals surface area contributed by atoms with Crippen molar-refractivity contribution in [2.75, 3.05) is 0 Å². The zero-order valence-corrected chi connectivity index (χ0v) is 6.90. The Bertz CT molecular complexity index is 235. The van der Waals surface area contributed by atoms with E-state index in [0.717, 1.165) is 16.8 Å². The molecule has 0 N–H and O–H groups in total. The first-order valence-corrected chi connectivity index (χ1v) is 3.52. The van der Waals surface area contributed by atoms with Gasteiger partial charge in [0.15, 0.2) is 0 Å². The number of aryl methyl sites for hydroxylation is 2. The van der Waals surface area contributed by atoms with Crippen molar-refractivity contribution in [2.45, 2.75) is 13.8 Å². The average Bonchev–Trinajstić information content (AvgIpc) is 1.88. The van der Waals surface area contributed by atoms with Crippen LogP contribution in [0.15, 0.2) is 22.6 Å². The molecule has 0 radical (unpaired) electrons. The van der Waals surface area contributed by atoms with Crippen LogP contribution in [0.4, 0.5) is 5.69 Å². The van der Waals surface area contributed by atoms with Crippen LogP contribution in [0.2, 0.25) is 0 Å². The van der Waals surface area contributed by atoms with Crippen LogP contribution in [0.1, 0.15) is 11.1 Å². The third-order valence-corrected chi connectivity index (χ3v) is 1.71. The largest absolute Gasteiger partial charge is 0.181 e. The molecule has 0 aromatic heterocycles. The highest BCUT2D eigenvalue weighted by molar-refractivity contribution is 7.47.